The van der Waals surface area contributed by atoms with Crippen LogP contribution >= 0.6 is 0 Å². The van der Waals surface area contributed by atoms with Gasteiger partial charge in [-0.2, -0.15) is 0 Å². The number of ketones is 2. The van der Waals surface area contributed by atoms with Gasteiger partial charge >= 0.3 is 0 Å². The molecule has 3 aliphatic carbocycles. The first kappa shape index (κ1) is 17.2. The first-order valence-electron chi connectivity index (χ1n) is 9.20. The lowest BCUT2D eigenvalue weighted by Crippen LogP contribution is -2.65. The van der Waals surface area contributed by atoms with Gasteiger partial charge in [0.1, 0.15) is 17.8 Å². The fraction of sp³-hybridized carbons (Fsp3) is 0.714. The number of fused-ring (bicyclic) bond motifs is 2. The highest BCUT2D eigenvalue weighted by atomic mass is 16.6. The molecule has 1 spiro atoms. The minimum atomic E-state index is -0.964. The van der Waals surface area contributed by atoms with Crippen LogP contribution in [0.2, 0.25) is 0 Å². The third-order valence-corrected chi connectivity index (χ3v) is 8.67. The molecule has 136 valence electrons. The lowest BCUT2D eigenvalue weighted by molar-refractivity contribution is -0.178. The van der Waals surface area contributed by atoms with E-state index in [-0.39, 0.29) is 29.5 Å². The third kappa shape index (κ3) is 1.58. The molecule has 3 fully saturated rings. The molecule has 0 bridgehead atoms. The van der Waals surface area contributed by atoms with Crippen molar-refractivity contribution in [2.24, 2.45) is 21.7 Å². The quantitative estimate of drug-likeness (QED) is 0.586. The molecule has 1 aliphatic heterocycles. The van der Waals surface area contributed by atoms with Crippen molar-refractivity contribution in [3.8, 4) is 0 Å². The van der Waals surface area contributed by atoms with Crippen molar-refractivity contribution in [2.45, 2.75) is 71.7 Å². The number of epoxide rings is 1. The minimum absolute atomic E-state index is 0.0116. The van der Waals surface area contributed by atoms with E-state index in [1.807, 2.05) is 20.8 Å². The van der Waals surface area contributed by atoms with Crippen LogP contribution in [-0.2, 0) is 14.3 Å². The van der Waals surface area contributed by atoms with Gasteiger partial charge < -0.3 is 9.84 Å². The monoisotopic (exact) mass is 344 g/mol. The van der Waals surface area contributed by atoms with Gasteiger partial charge in [0.05, 0.1) is 5.41 Å². The fourth-order valence-corrected chi connectivity index (χ4v) is 6.17. The molecular weight excluding hydrogens is 316 g/mol. The Bertz CT molecular complexity index is 749. The summed E-state index contributed by atoms with van der Waals surface area (Å²) in [6.45, 7) is 14.0. The van der Waals surface area contributed by atoms with Crippen LogP contribution in [0.25, 0.3) is 0 Å². The summed E-state index contributed by atoms with van der Waals surface area (Å²) < 4.78 is 6.20. The molecule has 1 heterocycles. The first-order chi connectivity index (χ1) is 11.4. The van der Waals surface area contributed by atoms with Crippen molar-refractivity contribution < 1.29 is 19.4 Å². The van der Waals surface area contributed by atoms with Crippen molar-refractivity contribution in [2.75, 3.05) is 0 Å². The lowest BCUT2D eigenvalue weighted by atomic mass is 9.38. The Kier molecular flexibility index (Phi) is 2.98. The highest BCUT2D eigenvalue weighted by Crippen LogP contribution is 2.74. The second-order valence-corrected chi connectivity index (χ2v) is 9.73. The summed E-state index contributed by atoms with van der Waals surface area (Å²) in [6, 6.07) is 0. The maximum atomic E-state index is 12.9. The van der Waals surface area contributed by atoms with E-state index in [0.717, 1.165) is 18.4 Å². The highest BCUT2D eigenvalue weighted by molar-refractivity contribution is 6.00. The van der Waals surface area contributed by atoms with Gasteiger partial charge in [-0.15, -0.1) is 6.58 Å². The number of hydrogen-bond donors (Lipinski definition) is 1. The van der Waals surface area contributed by atoms with E-state index < -0.39 is 27.9 Å². The summed E-state index contributed by atoms with van der Waals surface area (Å²) in [5.41, 5.74) is -1.51. The van der Waals surface area contributed by atoms with Gasteiger partial charge in [-0.05, 0) is 36.8 Å². The largest absolute Gasteiger partial charge is 0.385 e. The number of rotatable bonds is 1. The van der Waals surface area contributed by atoms with Crippen molar-refractivity contribution in [3.63, 3.8) is 0 Å². The summed E-state index contributed by atoms with van der Waals surface area (Å²) in [5, 5.41) is 10.6. The van der Waals surface area contributed by atoms with Gasteiger partial charge in [-0.1, -0.05) is 33.8 Å². The number of allylic oxidation sites excluding steroid dienone is 1. The van der Waals surface area contributed by atoms with Crippen LogP contribution < -0.4 is 0 Å². The number of aliphatic hydroxyl groups excluding tert-OH is 1. The molecular formula is C21H28O4. The second-order valence-electron chi connectivity index (χ2n) is 9.73. The summed E-state index contributed by atoms with van der Waals surface area (Å²) >= 11 is 0. The molecule has 4 nitrogen and oxygen atoms in total. The van der Waals surface area contributed by atoms with E-state index in [4.69, 9.17) is 4.74 Å². The Labute approximate surface area is 149 Å². The second kappa shape index (κ2) is 4.34. The molecule has 1 saturated heterocycles. The average molecular weight is 344 g/mol. The molecule has 2 saturated carbocycles. The maximum Gasteiger partial charge on any atom is 0.168 e. The SMILES string of the molecule is C=CC1(C)C(=O)C=C2C3(CCC4(C)C2(C)CC(=O)C(O)C4(C)C)OC13. The van der Waals surface area contributed by atoms with Gasteiger partial charge in [0.2, 0.25) is 0 Å². The molecule has 4 aliphatic rings. The molecule has 4 rings (SSSR count). The number of ether oxygens (including phenoxy) is 1. The number of aliphatic hydroxyl groups is 1. The van der Waals surface area contributed by atoms with Gasteiger partial charge in [0.15, 0.2) is 11.6 Å². The average Bonchev–Trinajstić information content (AvgIpc) is 3.29. The smallest absolute Gasteiger partial charge is 0.168 e. The molecule has 0 amide bonds. The predicted octanol–water partition coefficient (Wildman–Crippen LogP) is 2.99. The zero-order chi connectivity index (χ0) is 18.6. The number of Topliss-reactive ketones (excluding diaryl/α,β-unsaturated/α-hetero) is 1. The minimum Gasteiger partial charge on any atom is -0.385 e. The molecule has 0 radical (unpaired) electrons. The summed E-state index contributed by atoms with van der Waals surface area (Å²) in [5.74, 6) is -0.123. The Morgan fingerprint density at radius 2 is 1.84 bits per heavy atom. The Morgan fingerprint density at radius 1 is 1.20 bits per heavy atom. The van der Waals surface area contributed by atoms with E-state index in [1.165, 1.54) is 0 Å². The van der Waals surface area contributed by atoms with Crippen LogP contribution in [0, 0.1) is 21.7 Å². The van der Waals surface area contributed by atoms with Crippen molar-refractivity contribution in [1.82, 2.24) is 0 Å². The van der Waals surface area contributed by atoms with Crippen LogP contribution in [-0.4, -0.2) is 34.5 Å². The Morgan fingerprint density at radius 3 is 2.44 bits per heavy atom. The summed E-state index contributed by atoms with van der Waals surface area (Å²) in [4.78, 5) is 25.6. The van der Waals surface area contributed by atoms with E-state index in [0.29, 0.717) is 0 Å². The first-order valence-corrected chi connectivity index (χ1v) is 9.20. The van der Waals surface area contributed by atoms with E-state index in [9.17, 15) is 14.7 Å². The van der Waals surface area contributed by atoms with Crippen LogP contribution in [0.5, 0.6) is 0 Å². The van der Waals surface area contributed by atoms with Crippen LogP contribution in [0.3, 0.4) is 0 Å². The summed E-state index contributed by atoms with van der Waals surface area (Å²) in [7, 11) is 0. The van der Waals surface area contributed by atoms with E-state index >= 15 is 0 Å². The van der Waals surface area contributed by atoms with E-state index in [2.05, 4.69) is 20.4 Å². The number of hydrogen-bond acceptors (Lipinski definition) is 4. The molecule has 6 unspecified atom stereocenters. The molecule has 0 aromatic rings. The van der Waals surface area contributed by atoms with Crippen molar-refractivity contribution in [1.29, 1.82) is 0 Å². The fourth-order valence-electron chi connectivity index (χ4n) is 6.17. The number of carbonyl (C=O) groups excluding carboxylic acids is 2. The van der Waals surface area contributed by atoms with Crippen molar-refractivity contribution in [3.05, 3.63) is 24.3 Å². The molecule has 0 aromatic carbocycles. The molecule has 0 aromatic heterocycles. The zero-order valence-corrected chi connectivity index (χ0v) is 15.8. The molecule has 1 N–H and O–H groups in total. The number of carbonyl (C=O) groups is 2. The summed E-state index contributed by atoms with van der Waals surface area (Å²) in [6.07, 6.45) is 4.23. The Balaban J connectivity index is 1.92. The van der Waals surface area contributed by atoms with Crippen LogP contribution in [0.4, 0.5) is 0 Å². The zero-order valence-electron chi connectivity index (χ0n) is 15.8. The Hall–Kier alpha value is -1.26. The van der Waals surface area contributed by atoms with Crippen molar-refractivity contribution >= 4 is 11.6 Å². The van der Waals surface area contributed by atoms with Gasteiger partial charge in [-0.25, -0.2) is 0 Å². The van der Waals surface area contributed by atoms with Gasteiger partial charge in [0, 0.05) is 17.3 Å². The van der Waals surface area contributed by atoms with Gasteiger partial charge in [-0.3, -0.25) is 9.59 Å². The van der Waals surface area contributed by atoms with Crippen LogP contribution in [0.1, 0.15) is 53.9 Å². The third-order valence-electron chi connectivity index (χ3n) is 8.67. The van der Waals surface area contributed by atoms with Gasteiger partial charge in [0.25, 0.3) is 0 Å². The predicted molar refractivity (Wildman–Crippen MR) is 93.9 cm³/mol. The highest BCUT2D eigenvalue weighted by Gasteiger charge is 2.78. The molecule has 6 atom stereocenters. The lowest BCUT2D eigenvalue weighted by Gasteiger charge is -2.64. The molecule has 25 heavy (non-hydrogen) atoms. The maximum absolute atomic E-state index is 12.9. The standard InChI is InChI=1S/C21H28O4/c1-7-18(4)14(23)10-13-19(5)11-12(22)15(24)17(2,3)20(19,6)8-9-21(13)16(18)25-21/h7,10,15-16,24H,1,8-9,11H2,2-6H3. The molecule has 4 heteroatoms. The van der Waals surface area contributed by atoms with Crippen LogP contribution in [0.15, 0.2) is 24.3 Å². The normalized spacial score (nSPS) is 53.3. The van der Waals surface area contributed by atoms with E-state index in [1.54, 1.807) is 12.2 Å². The topological polar surface area (TPSA) is 66.9 Å².